The van der Waals surface area contributed by atoms with Gasteiger partial charge in [0.2, 0.25) is 0 Å². The highest BCUT2D eigenvalue weighted by molar-refractivity contribution is 5.75. The largest absolute Gasteiger partial charge is 0.466 e. The summed E-state index contributed by atoms with van der Waals surface area (Å²) in [5.41, 5.74) is -0.702. The van der Waals surface area contributed by atoms with Crippen LogP contribution in [0.1, 0.15) is 55.4 Å². The third kappa shape index (κ3) is 10.1. The Balaban J connectivity index is 0. The van der Waals surface area contributed by atoms with Gasteiger partial charge in [0.1, 0.15) is 0 Å². The molecule has 0 unspecified atom stereocenters. The van der Waals surface area contributed by atoms with Gasteiger partial charge in [-0.15, -0.1) is 0 Å². The summed E-state index contributed by atoms with van der Waals surface area (Å²) < 4.78 is 9.53. The molecular weight excluding hydrogens is 232 g/mol. The van der Waals surface area contributed by atoms with Crippen LogP contribution in [0.4, 0.5) is 0 Å². The van der Waals surface area contributed by atoms with Gasteiger partial charge in [-0.1, -0.05) is 0 Å². The Morgan fingerprint density at radius 1 is 0.722 bits per heavy atom. The predicted octanol–water partition coefficient (Wildman–Crippen LogP) is 3.19. The molecule has 108 valence electrons. The van der Waals surface area contributed by atoms with Gasteiger partial charge in [-0.3, -0.25) is 9.59 Å². The second kappa shape index (κ2) is 8.11. The highest BCUT2D eigenvalue weighted by Gasteiger charge is 2.22. The summed E-state index contributed by atoms with van der Waals surface area (Å²) in [5.74, 6) is -0.269. The van der Waals surface area contributed by atoms with E-state index in [2.05, 4.69) is 0 Å². The van der Waals surface area contributed by atoms with Crippen LogP contribution in [0.15, 0.2) is 0 Å². The Bertz CT molecular complexity index is 228. The van der Waals surface area contributed by atoms with Crippen molar-refractivity contribution in [1.82, 2.24) is 0 Å². The summed E-state index contributed by atoms with van der Waals surface area (Å²) in [6, 6.07) is 0. The number of ether oxygens (including phenoxy) is 2. The van der Waals surface area contributed by atoms with Crippen molar-refractivity contribution in [2.45, 2.75) is 55.4 Å². The fraction of sp³-hybridized carbons (Fsp3) is 0.857. The molecule has 0 rings (SSSR count). The number of hydrogen-bond donors (Lipinski definition) is 0. The molecule has 0 atom stereocenters. The molecule has 0 saturated heterocycles. The van der Waals surface area contributed by atoms with Gasteiger partial charge < -0.3 is 9.47 Å². The zero-order chi connectivity index (χ0) is 15.0. The molecule has 0 aliphatic rings. The number of hydrogen-bond acceptors (Lipinski definition) is 4. The molecule has 0 N–H and O–H groups in total. The van der Waals surface area contributed by atoms with Crippen LogP contribution in [0.25, 0.3) is 0 Å². The Morgan fingerprint density at radius 3 is 1.00 bits per heavy atom. The van der Waals surface area contributed by atoms with Gasteiger partial charge in [-0.2, -0.15) is 0 Å². The molecule has 0 aromatic carbocycles. The van der Waals surface area contributed by atoms with Gasteiger partial charge in [-0.05, 0) is 55.4 Å². The van der Waals surface area contributed by atoms with E-state index >= 15 is 0 Å². The van der Waals surface area contributed by atoms with Gasteiger partial charge in [0.25, 0.3) is 0 Å². The summed E-state index contributed by atoms with van der Waals surface area (Å²) in [4.78, 5) is 21.7. The zero-order valence-corrected chi connectivity index (χ0v) is 13.0. The van der Waals surface area contributed by atoms with Crippen LogP contribution in [0.3, 0.4) is 0 Å². The van der Waals surface area contributed by atoms with Crippen LogP contribution >= 0.6 is 0 Å². The lowest BCUT2D eigenvalue weighted by Crippen LogP contribution is -2.22. The van der Waals surface area contributed by atoms with E-state index in [1.165, 1.54) is 0 Å². The fourth-order valence-corrected chi connectivity index (χ4v) is 0.695. The average Bonchev–Trinajstić information content (AvgIpc) is 2.16. The summed E-state index contributed by atoms with van der Waals surface area (Å²) in [5, 5.41) is 0. The molecule has 0 aromatic rings. The second-order valence-corrected chi connectivity index (χ2v) is 5.94. The number of esters is 2. The Labute approximate surface area is 111 Å². The maximum Gasteiger partial charge on any atom is 0.311 e. The molecular formula is C14H28O4. The lowest BCUT2D eigenvalue weighted by atomic mass is 9.97. The topological polar surface area (TPSA) is 52.6 Å². The first kappa shape index (κ1) is 19.3. The van der Waals surface area contributed by atoms with Crippen molar-refractivity contribution in [3.05, 3.63) is 0 Å². The quantitative estimate of drug-likeness (QED) is 0.715. The number of carbonyl (C=O) groups is 2. The van der Waals surface area contributed by atoms with E-state index in [0.29, 0.717) is 13.2 Å². The van der Waals surface area contributed by atoms with E-state index in [0.717, 1.165) is 0 Å². The highest BCUT2D eigenvalue weighted by Crippen LogP contribution is 2.15. The molecule has 0 saturated carbocycles. The third-order valence-corrected chi connectivity index (χ3v) is 1.78. The second-order valence-electron chi connectivity index (χ2n) is 5.94. The first-order chi connectivity index (χ1) is 7.96. The molecule has 0 amide bonds. The van der Waals surface area contributed by atoms with Crippen molar-refractivity contribution in [2.24, 2.45) is 10.8 Å². The van der Waals surface area contributed by atoms with E-state index < -0.39 is 0 Å². The molecule has 0 radical (unpaired) electrons. The van der Waals surface area contributed by atoms with Crippen molar-refractivity contribution in [3.63, 3.8) is 0 Å². The molecule has 0 aliphatic heterocycles. The molecule has 0 bridgehead atoms. The van der Waals surface area contributed by atoms with E-state index in [1.807, 2.05) is 55.4 Å². The highest BCUT2D eigenvalue weighted by atomic mass is 16.5. The van der Waals surface area contributed by atoms with Crippen LogP contribution in [0.5, 0.6) is 0 Å². The van der Waals surface area contributed by atoms with Crippen molar-refractivity contribution in [3.8, 4) is 0 Å². The van der Waals surface area contributed by atoms with Crippen molar-refractivity contribution in [2.75, 3.05) is 13.2 Å². The lowest BCUT2D eigenvalue weighted by molar-refractivity contribution is -0.153. The minimum Gasteiger partial charge on any atom is -0.466 e. The average molecular weight is 260 g/mol. The fourth-order valence-electron chi connectivity index (χ4n) is 0.695. The smallest absolute Gasteiger partial charge is 0.311 e. The monoisotopic (exact) mass is 260 g/mol. The molecule has 0 spiro atoms. The minimum absolute atomic E-state index is 0.134. The normalized spacial score (nSPS) is 11.1. The predicted molar refractivity (Wildman–Crippen MR) is 72.2 cm³/mol. The molecule has 0 fully saturated rings. The van der Waals surface area contributed by atoms with Crippen LogP contribution in [0, 0.1) is 10.8 Å². The van der Waals surface area contributed by atoms with Gasteiger partial charge >= 0.3 is 11.9 Å². The lowest BCUT2D eigenvalue weighted by Gasteiger charge is -2.14. The third-order valence-electron chi connectivity index (χ3n) is 1.78. The molecule has 4 nitrogen and oxygen atoms in total. The first-order valence-corrected chi connectivity index (χ1v) is 6.31. The molecule has 0 heterocycles. The number of rotatable bonds is 2. The summed E-state index contributed by atoms with van der Waals surface area (Å²) in [7, 11) is 0. The molecule has 18 heavy (non-hydrogen) atoms. The Morgan fingerprint density at radius 2 is 0.944 bits per heavy atom. The van der Waals surface area contributed by atoms with Gasteiger partial charge in [0.15, 0.2) is 0 Å². The Hall–Kier alpha value is -1.06. The van der Waals surface area contributed by atoms with Gasteiger partial charge in [0.05, 0.1) is 24.0 Å². The van der Waals surface area contributed by atoms with E-state index in [9.17, 15) is 9.59 Å². The molecule has 4 heteroatoms. The van der Waals surface area contributed by atoms with E-state index in [1.54, 1.807) is 0 Å². The maximum atomic E-state index is 10.8. The molecule has 0 aromatic heterocycles. The van der Waals surface area contributed by atoms with Crippen LogP contribution in [-0.2, 0) is 19.1 Å². The first-order valence-electron chi connectivity index (χ1n) is 6.31. The maximum absolute atomic E-state index is 10.8. The van der Waals surface area contributed by atoms with Crippen molar-refractivity contribution in [1.29, 1.82) is 0 Å². The van der Waals surface area contributed by atoms with Gasteiger partial charge in [0, 0.05) is 0 Å². The minimum atomic E-state index is -0.351. The van der Waals surface area contributed by atoms with E-state index in [-0.39, 0.29) is 22.8 Å². The van der Waals surface area contributed by atoms with Gasteiger partial charge in [-0.25, -0.2) is 0 Å². The number of carbonyl (C=O) groups excluding carboxylic acids is 2. The standard InChI is InChI=1S/2C7H14O2/c2*1-5-9-6(8)7(2,3)4/h2*5H2,1-4H3. The summed E-state index contributed by atoms with van der Waals surface area (Å²) in [6.45, 7) is 15.6. The van der Waals surface area contributed by atoms with Crippen LogP contribution in [-0.4, -0.2) is 25.2 Å². The Kier molecular flexibility index (Phi) is 8.69. The molecule has 0 aliphatic carbocycles. The van der Waals surface area contributed by atoms with Crippen LogP contribution < -0.4 is 0 Å². The summed E-state index contributed by atoms with van der Waals surface area (Å²) >= 11 is 0. The van der Waals surface area contributed by atoms with Crippen LogP contribution in [0.2, 0.25) is 0 Å². The zero-order valence-electron chi connectivity index (χ0n) is 13.0. The SMILES string of the molecule is CCOC(=O)C(C)(C)C.CCOC(=O)C(C)(C)C. The van der Waals surface area contributed by atoms with Crippen molar-refractivity contribution < 1.29 is 19.1 Å². The van der Waals surface area contributed by atoms with E-state index in [4.69, 9.17) is 9.47 Å². The van der Waals surface area contributed by atoms with Crippen molar-refractivity contribution >= 4 is 11.9 Å². The summed E-state index contributed by atoms with van der Waals surface area (Å²) in [6.07, 6.45) is 0.